The van der Waals surface area contributed by atoms with Crippen LogP contribution in [0.5, 0.6) is 0 Å². The largest absolute Gasteiger partial charge is 0.450 e. The standard InChI is InChI=1S/C21H26N2O3/c24-19(17-6-7-26-20(25)22-11-17)23-12-21(13-23)9-18(10-21)16-5-4-14-2-1-3-15(14)8-16/h4-5,8,17-18H,1-3,6-7,9-13H2,(H,22,25)/t17-/m1/s1. The summed E-state index contributed by atoms with van der Waals surface area (Å²) in [6.45, 7) is 2.51. The Labute approximate surface area is 154 Å². The molecule has 0 bridgehead atoms. The Morgan fingerprint density at radius 1 is 1.19 bits per heavy atom. The minimum Gasteiger partial charge on any atom is -0.450 e. The van der Waals surface area contributed by atoms with Gasteiger partial charge in [-0.15, -0.1) is 0 Å². The molecule has 0 aromatic heterocycles. The molecular formula is C21H26N2O3. The van der Waals surface area contributed by atoms with Crippen LogP contribution in [0.25, 0.3) is 0 Å². The van der Waals surface area contributed by atoms with Gasteiger partial charge in [0.2, 0.25) is 5.91 Å². The van der Waals surface area contributed by atoms with Gasteiger partial charge in [0, 0.05) is 25.0 Å². The fraction of sp³-hybridized carbons (Fsp3) is 0.619. The third-order valence-electron chi connectivity index (χ3n) is 6.86. The third-order valence-corrected chi connectivity index (χ3v) is 6.86. The van der Waals surface area contributed by atoms with Crippen LogP contribution < -0.4 is 5.32 Å². The maximum Gasteiger partial charge on any atom is 0.407 e. The summed E-state index contributed by atoms with van der Waals surface area (Å²) in [7, 11) is 0. The number of nitrogens with zero attached hydrogens (tertiary/aromatic N) is 1. The van der Waals surface area contributed by atoms with Crippen molar-refractivity contribution in [3.05, 3.63) is 34.9 Å². The van der Waals surface area contributed by atoms with Crippen LogP contribution in [0.1, 0.15) is 48.3 Å². The number of likely N-dealkylation sites (tertiary alicyclic amines) is 1. The highest BCUT2D eigenvalue weighted by Gasteiger charge is 2.54. The van der Waals surface area contributed by atoms with Crippen molar-refractivity contribution >= 4 is 12.0 Å². The first-order chi connectivity index (χ1) is 12.6. The van der Waals surface area contributed by atoms with Gasteiger partial charge in [0.1, 0.15) is 0 Å². The van der Waals surface area contributed by atoms with Gasteiger partial charge in [0.25, 0.3) is 0 Å². The topological polar surface area (TPSA) is 58.6 Å². The number of nitrogens with one attached hydrogen (secondary N) is 1. The molecular weight excluding hydrogens is 328 g/mol. The number of fused-ring (bicyclic) bond motifs is 1. The number of hydrogen-bond donors (Lipinski definition) is 1. The number of aryl methyl sites for hydroxylation is 2. The van der Waals surface area contributed by atoms with Crippen molar-refractivity contribution in [2.45, 2.75) is 44.4 Å². The van der Waals surface area contributed by atoms with E-state index in [2.05, 4.69) is 23.5 Å². The fourth-order valence-corrected chi connectivity index (χ4v) is 5.37. The van der Waals surface area contributed by atoms with Gasteiger partial charge in [-0.1, -0.05) is 18.2 Å². The maximum atomic E-state index is 12.7. The van der Waals surface area contributed by atoms with Gasteiger partial charge >= 0.3 is 6.09 Å². The SMILES string of the molecule is O=C1NC[C@H](C(=O)N2CC3(CC(c4ccc5c(c4)CCC5)C3)C2)CCO1. The van der Waals surface area contributed by atoms with E-state index in [1.54, 1.807) is 11.1 Å². The van der Waals surface area contributed by atoms with Gasteiger partial charge in [-0.25, -0.2) is 4.79 Å². The van der Waals surface area contributed by atoms with Gasteiger partial charge < -0.3 is 15.0 Å². The normalized spacial score (nSPS) is 27.0. The molecule has 2 aliphatic carbocycles. The number of ether oxygens (including phenoxy) is 1. The Bertz CT molecular complexity index is 746. The van der Waals surface area contributed by atoms with Crippen molar-refractivity contribution in [3.8, 4) is 0 Å². The second-order valence-electron chi connectivity index (χ2n) is 8.68. The molecule has 0 radical (unpaired) electrons. The van der Waals surface area contributed by atoms with E-state index in [1.807, 2.05) is 4.90 Å². The molecule has 2 aliphatic heterocycles. The number of carbonyl (C=O) groups is 2. The number of carbonyl (C=O) groups excluding carboxylic acids is 2. The number of amides is 2. The molecule has 3 fully saturated rings. The van der Waals surface area contributed by atoms with Crippen LogP contribution in [0.4, 0.5) is 4.79 Å². The highest BCUT2D eigenvalue weighted by molar-refractivity contribution is 5.81. The van der Waals surface area contributed by atoms with E-state index in [9.17, 15) is 9.59 Å². The van der Waals surface area contributed by atoms with E-state index in [0.29, 0.717) is 30.9 Å². The minimum absolute atomic E-state index is 0.133. The Hall–Kier alpha value is -2.04. The minimum atomic E-state index is -0.406. The lowest BCUT2D eigenvalue weighted by Crippen LogP contribution is -2.64. The lowest BCUT2D eigenvalue weighted by Gasteiger charge is -2.59. The monoisotopic (exact) mass is 354 g/mol. The summed E-state index contributed by atoms with van der Waals surface area (Å²) in [6.07, 6.45) is 6.42. The Kier molecular flexibility index (Phi) is 3.73. The Morgan fingerprint density at radius 2 is 2.00 bits per heavy atom. The zero-order valence-corrected chi connectivity index (χ0v) is 15.1. The zero-order valence-electron chi connectivity index (χ0n) is 15.1. The molecule has 1 saturated carbocycles. The van der Waals surface area contributed by atoms with Crippen LogP contribution in [0, 0.1) is 11.3 Å². The summed E-state index contributed by atoms with van der Waals surface area (Å²) >= 11 is 0. The second kappa shape index (κ2) is 6.00. The predicted octanol–water partition coefficient (Wildman–Crippen LogP) is 2.63. The van der Waals surface area contributed by atoms with Gasteiger partial charge in [-0.3, -0.25) is 4.79 Å². The first-order valence-corrected chi connectivity index (χ1v) is 9.93. The predicted molar refractivity (Wildman–Crippen MR) is 96.9 cm³/mol. The van der Waals surface area contributed by atoms with Crippen molar-refractivity contribution < 1.29 is 14.3 Å². The number of cyclic esters (lactones) is 1. The Morgan fingerprint density at radius 3 is 2.85 bits per heavy atom. The lowest BCUT2D eigenvalue weighted by atomic mass is 9.56. The van der Waals surface area contributed by atoms with Crippen LogP contribution in [-0.4, -0.2) is 43.1 Å². The van der Waals surface area contributed by atoms with Gasteiger partial charge in [0.05, 0.1) is 12.5 Å². The second-order valence-corrected chi connectivity index (χ2v) is 8.68. The van der Waals surface area contributed by atoms with Crippen molar-refractivity contribution in [3.63, 3.8) is 0 Å². The van der Waals surface area contributed by atoms with Crippen LogP contribution in [0.2, 0.25) is 0 Å². The molecule has 26 heavy (non-hydrogen) atoms. The molecule has 0 unspecified atom stereocenters. The van der Waals surface area contributed by atoms with Crippen molar-refractivity contribution in [2.75, 3.05) is 26.2 Å². The van der Waals surface area contributed by atoms with E-state index in [4.69, 9.17) is 4.74 Å². The van der Waals surface area contributed by atoms with Crippen LogP contribution in [-0.2, 0) is 22.4 Å². The molecule has 5 heteroatoms. The quantitative estimate of drug-likeness (QED) is 0.888. The molecule has 2 saturated heterocycles. The average Bonchev–Trinajstić information content (AvgIpc) is 2.92. The van der Waals surface area contributed by atoms with E-state index in [1.165, 1.54) is 37.7 Å². The molecule has 1 aromatic rings. The van der Waals surface area contributed by atoms with Crippen LogP contribution >= 0.6 is 0 Å². The smallest absolute Gasteiger partial charge is 0.407 e. The van der Waals surface area contributed by atoms with Crippen molar-refractivity contribution in [1.82, 2.24) is 10.2 Å². The summed E-state index contributed by atoms with van der Waals surface area (Å²) in [5.74, 6) is 0.720. The number of rotatable bonds is 2. The van der Waals surface area contributed by atoms with Crippen LogP contribution in [0.15, 0.2) is 18.2 Å². The highest BCUT2D eigenvalue weighted by atomic mass is 16.5. The lowest BCUT2D eigenvalue weighted by molar-refractivity contribution is -0.156. The maximum absolute atomic E-state index is 12.7. The molecule has 1 spiro atoms. The van der Waals surface area contributed by atoms with E-state index >= 15 is 0 Å². The fourth-order valence-electron chi connectivity index (χ4n) is 5.37. The van der Waals surface area contributed by atoms with Crippen LogP contribution in [0.3, 0.4) is 0 Å². The van der Waals surface area contributed by atoms with E-state index in [-0.39, 0.29) is 11.8 Å². The summed E-state index contributed by atoms with van der Waals surface area (Å²) in [6, 6.07) is 7.11. The molecule has 1 atom stereocenters. The van der Waals surface area contributed by atoms with Crippen molar-refractivity contribution in [1.29, 1.82) is 0 Å². The number of benzene rings is 1. The summed E-state index contributed by atoms with van der Waals surface area (Å²) in [4.78, 5) is 25.9. The van der Waals surface area contributed by atoms with Gasteiger partial charge in [0.15, 0.2) is 0 Å². The van der Waals surface area contributed by atoms with Crippen molar-refractivity contribution in [2.24, 2.45) is 11.3 Å². The molecule has 5 rings (SSSR count). The molecule has 4 aliphatic rings. The van der Waals surface area contributed by atoms with Gasteiger partial charge in [-0.05, 0) is 61.1 Å². The van der Waals surface area contributed by atoms with E-state index in [0.717, 1.165) is 13.1 Å². The molecule has 5 nitrogen and oxygen atoms in total. The summed E-state index contributed by atoms with van der Waals surface area (Å²) in [5.41, 5.74) is 4.96. The first-order valence-electron chi connectivity index (χ1n) is 9.93. The molecule has 2 amide bonds. The number of alkyl carbamates (subject to hydrolysis) is 1. The molecule has 138 valence electrons. The number of hydrogen-bond acceptors (Lipinski definition) is 3. The average molecular weight is 354 g/mol. The highest BCUT2D eigenvalue weighted by Crippen LogP contribution is 2.56. The van der Waals surface area contributed by atoms with E-state index < -0.39 is 6.09 Å². The zero-order chi connectivity index (χ0) is 17.7. The molecule has 2 heterocycles. The molecule has 1 aromatic carbocycles. The Balaban J connectivity index is 1.15. The third kappa shape index (κ3) is 2.68. The molecule has 1 N–H and O–H groups in total. The summed E-state index contributed by atoms with van der Waals surface area (Å²) in [5, 5.41) is 2.67. The summed E-state index contributed by atoms with van der Waals surface area (Å²) < 4.78 is 4.96. The van der Waals surface area contributed by atoms with Gasteiger partial charge in [-0.2, -0.15) is 0 Å². The first kappa shape index (κ1) is 16.2.